The van der Waals surface area contributed by atoms with Crippen LogP contribution < -0.4 is 0 Å². The Hall–Kier alpha value is -1.88. The minimum atomic E-state index is 0.557. The molecule has 0 N–H and O–H groups in total. The van der Waals surface area contributed by atoms with Crippen LogP contribution in [0.5, 0.6) is 0 Å². The van der Waals surface area contributed by atoms with E-state index in [9.17, 15) is 0 Å². The van der Waals surface area contributed by atoms with Gasteiger partial charge < -0.3 is 4.85 Å². The van der Waals surface area contributed by atoms with Crippen molar-refractivity contribution in [3.8, 4) is 0 Å². The first-order valence-corrected chi connectivity index (χ1v) is 4.56. The lowest BCUT2D eigenvalue weighted by atomic mass is 10.0. The van der Waals surface area contributed by atoms with Crippen LogP contribution in [0, 0.1) is 6.57 Å². The summed E-state index contributed by atoms with van der Waals surface area (Å²) in [6.45, 7) is 7.33. The second-order valence-electron chi connectivity index (χ2n) is 3.15. The Balaban J connectivity index is 2.49. The summed E-state index contributed by atoms with van der Waals surface area (Å²) >= 11 is 0. The first-order valence-electron chi connectivity index (χ1n) is 4.56. The van der Waals surface area contributed by atoms with Crippen LogP contribution in [0.1, 0.15) is 5.56 Å². The lowest BCUT2D eigenvalue weighted by Crippen LogP contribution is -1.89. The fourth-order valence-electron chi connectivity index (χ4n) is 1.58. The van der Waals surface area contributed by atoms with Gasteiger partial charge in [-0.3, -0.25) is 4.98 Å². The molecular formula is C12H10N2. The molecule has 0 bridgehead atoms. The molecule has 0 aliphatic rings. The van der Waals surface area contributed by atoms with Gasteiger partial charge in [0.1, 0.15) is 0 Å². The number of benzene rings is 1. The molecule has 2 rings (SSSR count). The summed E-state index contributed by atoms with van der Waals surface area (Å²) in [4.78, 5) is 7.45. The fraction of sp³-hybridized carbons (Fsp3) is 0.167. The highest BCUT2D eigenvalue weighted by Gasteiger charge is 2.00. The Bertz CT molecular complexity index is 478. The number of aromatic nitrogens is 1. The Kier molecular flexibility index (Phi) is 2.42. The Morgan fingerprint density at radius 1 is 1.29 bits per heavy atom. The topological polar surface area (TPSA) is 17.2 Å². The number of nitrogens with zero attached hydrogens (tertiary/aromatic N) is 2. The van der Waals surface area contributed by atoms with E-state index in [0.717, 1.165) is 11.8 Å². The van der Waals surface area contributed by atoms with Gasteiger partial charge in [-0.2, -0.15) is 0 Å². The molecule has 0 radical (unpaired) electrons. The van der Waals surface area contributed by atoms with Crippen molar-refractivity contribution in [2.45, 2.75) is 6.42 Å². The van der Waals surface area contributed by atoms with E-state index in [-0.39, 0.29) is 0 Å². The zero-order valence-electron chi connectivity index (χ0n) is 7.77. The van der Waals surface area contributed by atoms with Gasteiger partial charge >= 0.3 is 0 Å². The molecule has 0 atom stereocenters. The normalized spacial score (nSPS) is 9.93. The average Bonchev–Trinajstić information content (AvgIpc) is 2.26. The number of rotatable bonds is 2. The minimum absolute atomic E-state index is 0.557. The molecule has 0 amide bonds. The molecule has 0 spiro atoms. The summed E-state index contributed by atoms with van der Waals surface area (Å²) in [5.41, 5.74) is 1.24. The molecule has 2 nitrogen and oxygen atoms in total. The lowest BCUT2D eigenvalue weighted by molar-refractivity contribution is 1.09. The molecule has 14 heavy (non-hydrogen) atoms. The van der Waals surface area contributed by atoms with Gasteiger partial charge in [0, 0.05) is 24.2 Å². The molecule has 0 unspecified atom stereocenters. The van der Waals surface area contributed by atoms with Crippen molar-refractivity contribution >= 4 is 10.8 Å². The number of fused-ring (bicyclic) bond motifs is 1. The number of hydrogen-bond donors (Lipinski definition) is 0. The standard InChI is InChI=1S/C12H10N2/c1-13-7-5-10-3-2-4-11-9-14-8-6-12(10)11/h2-4,6,8-9H,5,7H2. The Morgan fingerprint density at radius 2 is 2.21 bits per heavy atom. The third-order valence-corrected chi connectivity index (χ3v) is 2.26. The van der Waals surface area contributed by atoms with Crippen molar-refractivity contribution < 1.29 is 0 Å². The maximum absolute atomic E-state index is 6.77. The van der Waals surface area contributed by atoms with Gasteiger partial charge in [0.05, 0.1) is 0 Å². The van der Waals surface area contributed by atoms with Crippen LogP contribution in [-0.4, -0.2) is 11.5 Å². The highest BCUT2D eigenvalue weighted by atomic mass is 14.6. The lowest BCUT2D eigenvalue weighted by Gasteiger charge is -2.01. The molecule has 0 fully saturated rings. The predicted molar refractivity (Wildman–Crippen MR) is 56.9 cm³/mol. The number of hydrogen-bond acceptors (Lipinski definition) is 1. The van der Waals surface area contributed by atoms with E-state index < -0.39 is 0 Å². The summed E-state index contributed by atoms with van der Waals surface area (Å²) in [5.74, 6) is 0. The van der Waals surface area contributed by atoms with Gasteiger partial charge in [0.2, 0.25) is 6.54 Å². The van der Waals surface area contributed by atoms with Crippen molar-refractivity contribution in [3.63, 3.8) is 0 Å². The fourth-order valence-corrected chi connectivity index (χ4v) is 1.58. The minimum Gasteiger partial charge on any atom is -0.317 e. The molecule has 2 aromatic rings. The SMILES string of the molecule is [C-]#[N+]CCc1cccc2cnccc12. The van der Waals surface area contributed by atoms with Gasteiger partial charge in [-0.05, 0) is 17.0 Å². The second-order valence-corrected chi connectivity index (χ2v) is 3.15. The zero-order chi connectivity index (χ0) is 9.80. The first kappa shape index (κ1) is 8.71. The van der Waals surface area contributed by atoms with E-state index in [2.05, 4.69) is 15.9 Å². The van der Waals surface area contributed by atoms with Gasteiger partial charge in [-0.15, -0.1) is 0 Å². The maximum atomic E-state index is 6.77. The highest BCUT2D eigenvalue weighted by Crippen LogP contribution is 2.17. The molecule has 0 aliphatic heterocycles. The van der Waals surface area contributed by atoms with Gasteiger partial charge in [-0.25, -0.2) is 6.57 Å². The van der Waals surface area contributed by atoms with Crippen LogP contribution >= 0.6 is 0 Å². The van der Waals surface area contributed by atoms with Crippen molar-refractivity contribution in [2.24, 2.45) is 0 Å². The van der Waals surface area contributed by atoms with Crippen LogP contribution in [0.15, 0.2) is 36.7 Å². The van der Waals surface area contributed by atoms with Crippen LogP contribution in [0.4, 0.5) is 0 Å². The van der Waals surface area contributed by atoms with Crippen LogP contribution in [-0.2, 0) is 6.42 Å². The van der Waals surface area contributed by atoms with E-state index >= 15 is 0 Å². The molecule has 0 aliphatic carbocycles. The molecule has 68 valence electrons. The highest BCUT2D eigenvalue weighted by molar-refractivity contribution is 5.84. The van der Waals surface area contributed by atoms with Crippen LogP contribution in [0.3, 0.4) is 0 Å². The maximum Gasteiger partial charge on any atom is 0.218 e. The summed E-state index contributed by atoms with van der Waals surface area (Å²) in [5, 5.41) is 2.36. The molecule has 1 aromatic carbocycles. The molecule has 1 heterocycles. The van der Waals surface area contributed by atoms with Gasteiger partial charge in [-0.1, -0.05) is 18.2 Å². The monoisotopic (exact) mass is 182 g/mol. The zero-order valence-corrected chi connectivity index (χ0v) is 7.77. The summed E-state index contributed by atoms with van der Waals surface area (Å²) in [6, 6.07) is 8.15. The van der Waals surface area contributed by atoms with Crippen LogP contribution in [0.2, 0.25) is 0 Å². The Labute approximate surface area is 83.0 Å². The van der Waals surface area contributed by atoms with E-state index in [0.29, 0.717) is 6.54 Å². The Morgan fingerprint density at radius 3 is 3.07 bits per heavy atom. The van der Waals surface area contributed by atoms with Crippen molar-refractivity contribution in [1.29, 1.82) is 0 Å². The van der Waals surface area contributed by atoms with Crippen molar-refractivity contribution in [2.75, 3.05) is 6.54 Å². The van der Waals surface area contributed by atoms with Gasteiger partial charge in [0.25, 0.3) is 0 Å². The summed E-state index contributed by atoms with van der Waals surface area (Å²) < 4.78 is 0. The smallest absolute Gasteiger partial charge is 0.218 e. The van der Waals surface area contributed by atoms with E-state index in [1.165, 1.54) is 10.9 Å². The largest absolute Gasteiger partial charge is 0.317 e. The average molecular weight is 182 g/mol. The quantitative estimate of drug-likeness (QED) is 0.653. The van der Waals surface area contributed by atoms with E-state index in [4.69, 9.17) is 6.57 Å². The van der Waals surface area contributed by atoms with Gasteiger partial charge in [0.15, 0.2) is 0 Å². The second kappa shape index (κ2) is 3.89. The third-order valence-electron chi connectivity index (χ3n) is 2.26. The van der Waals surface area contributed by atoms with E-state index in [1.54, 1.807) is 6.20 Å². The summed E-state index contributed by atoms with van der Waals surface area (Å²) in [7, 11) is 0. The molecule has 1 aromatic heterocycles. The number of pyridine rings is 1. The molecule has 0 saturated heterocycles. The summed E-state index contributed by atoms with van der Waals surface area (Å²) in [6.07, 6.45) is 4.48. The first-order chi connectivity index (χ1) is 6.92. The molecular weight excluding hydrogens is 172 g/mol. The van der Waals surface area contributed by atoms with Crippen molar-refractivity contribution in [3.05, 3.63) is 53.6 Å². The molecule has 2 heteroatoms. The van der Waals surface area contributed by atoms with E-state index in [1.807, 2.05) is 24.4 Å². The van der Waals surface area contributed by atoms with Crippen LogP contribution in [0.25, 0.3) is 15.6 Å². The third kappa shape index (κ3) is 1.57. The molecule has 0 saturated carbocycles. The van der Waals surface area contributed by atoms with Crippen molar-refractivity contribution in [1.82, 2.24) is 4.98 Å². The predicted octanol–water partition coefficient (Wildman–Crippen LogP) is 2.70.